The van der Waals surface area contributed by atoms with Gasteiger partial charge in [-0.05, 0) is 25.6 Å². The highest BCUT2D eigenvalue weighted by atomic mass is 35.5. The van der Waals surface area contributed by atoms with Crippen molar-refractivity contribution < 1.29 is 0 Å². The minimum Gasteiger partial charge on any atom is -0.368 e. The predicted octanol–water partition coefficient (Wildman–Crippen LogP) is 3.39. The maximum absolute atomic E-state index is 6.04. The molecule has 0 saturated carbocycles. The van der Waals surface area contributed by atoms with E-state index in [0.717, 1.165) is 13.1 Å². The smallest absolute Gasteiger partial charge is 0.144 e. The molecule has 0 amide bonds. The Hall–Kier alpha value is -0.510. The summed E-state index contributed by atoms with van der Waals surface area (Å²) in [5.41, 5.74) is 0.147. The van der Waals surface area contributed by atoms with Crippen molar-refractivity contribution in [2.45, 2.75) is 13.8 Å². The molecule has 1 heterocycles. The van der Waals surface area contributed by atoms with Crippen LogP contribution in [0.3, 0.4) is 0 Å². The first kappa shape index (κ1) is 14.6. The Balaban J connectivity index is 2.61. The van der Waals surface area contributed by atoms with E-state index in [9.17, 15) is 0 Å². The minimum atomic E-state index is 0.147. The highest BCUT2D eigenvalue weighted by molar-refractivity contribution is 6.35. The van der Waals surface area contributed by atoms with E-state index in [2.05, 4.69) is 43.1 Å². The summed E-state index contributed by atoms with van der Waals surface area (Å²) in [6.07, 6.45) is 1.59. The van der Waals surface area contributed by atoms with Crippen LogP contribution < -0.4 is 5.32 Å². The van der Waals surface area contributed by atoms with Crippen molar-refractivity contribution >= 4 is 29.0 Å². The van der Waals surface area contributed by atoms with Crippen LogP contribution in [0, 0.1) is 5.41 Å². The van der Waals surface area contributed by atoms with E-state index in [4.69, 9.17) is 23.2 Å². The van der Waals surface area contributed by atoms with Gasteiger partial charge in [-0.1, -0.05) is 37.0 Å². The van der Waals surface area contributed by atoms with Gasteiger partial charge in [0.25, 0.3) is 0 Å². The lowest BCUT2D eigenvalue weighted by molar-refractivity contribution is 0.254. The molecule has 0 bridgehead atoms. The van der Waals surface area contributed by atoms with Gasteiger partial charge in [0.15, 0.2) is 0 Å². The van der Waals surface area contributed by atoms with Crippen LogP contribution in [-0.2, 0) is 0 Å². The van der Waals surface area contributed by atoms with Crippen molar-refractivity contribution in [3.05, 3.63) is 22.3 Å². The molecule has 0 saturated heterocycles. The Labute approximate surface area is 113 Å². The van der Waals surface area contributed by atoms with Crippen LogP contribution in [0.5, 0.6) is 0 Å². The Morgan fingerprint density at radius 2 is 2.00 bits per heavy atom. The summed E-state index contributed by atoms with van der Waals surface area (Å²) >= 11 is 11.8. The maximum Gasteiger partial charge on any atom is 0.144 e. The summed E-state index contributed by atoms with van der Waals surface area (Å²) in [6.45, 7) is 6.19. The lowest BCUT2D eigenvalue weighted by Gasteiger charge is -2.28. The molecule has 0 aliphatic carbocycles. The van der Waals surface area contributed by atoms with Gasteiger partial charge < -0.3 is 10.2 Å². The van der Waals surface area contributed by atoms with Crippen molar-refractivity contribution in [2.75, 3.05) is 32.5 Å². The zero-order valence-electron chi connectivity index (χ0n) is 10.7. The molecular weight excluding hydrogens is 257 g/mol. The summed E-state index contributed by atoms with van der Waals surface area (Å²) < 4.78 is 0. The third-order valence-electron chi connectivity index (χ3n) is 2.29. The summed E-state index contributed by atoms with van der Waals surface area (Å²) in [4.78, 5) is 6.34. The van der Waals surface area contributed by atoms with E-state index in [1.807, 2.05) is 0 Å². The molecule has 0 fully saturated rings. The molecule has 3 nitrogen and oxygen atoms in total. The average Bonchev–Trinajstić information content (AvgIpc) is 2.14. The van der Waals surface area contributed by atoms with Crippen LogP contribution in [-0.4, -0.2) is 37.1 Å². The van der Waals surface area contributed by atoms with E-state index in [-0.39, 0.29) is 5.41 Å². The van der Waals surface area contributed by atoms with Gasteiger partial charge in [0.1, 0.15) is 5.82 Å². The zero-order chi connectivity index (χ0) is 13.1. The Morgan fingerprint density at radius 1 is 1.35 bits per heavy atom. The van der Waals surface area contributed by atoms with Crippen molar-refractivity contribution in [3.63, 3.8) is 0 Å². The lowest BCUT2D eigenvalue weighted by Crippen LogP contribution is -2.34. The number of halogens is 2. The molecule has 1 aromatic heterocycles. The van der Waals surface area contributed by atoms with E-state index >= 15 is 0 Å². The Morgan fingerprint density at radius 3 is 2.53 bits per heavy atom. The monoisotopic (exact) mass is 275 g/mol. The summed E-state index contributed by atoms with van der Waals surface area (Å²) in [5, 5.41) is 4.36. The highest BCUT2D eigenvalue weighted by Crippen LogP contribution is 2.24. The number of aromatic nitrogens is 1. The molecule has 5 heteroatoms. The van der Waals surface area contributed by atoms with Crippen LogP contribution in [0.4, 0.5) is 5.82 Å². The lowest BCUT2D eigenvalue weighted by atomic mass is 9.93. The van der Waals surface area contributed by atoms with Crippen molar-refractivity contribution in [3.8, 4) is 0 Å². The van der Waals surface area contributed by atoms with Gasteiger partial charge in [-0.2, -0.15) is 0 Å². The first-order valence-electron chi connectivity index (χ1n) is 5.50. The third kappa shape index (κ3) is 5.11. The number of nitrogens with zero attached hydrogens (tertiary/aromatic N) is 2. The molecule has 96 valence electrons. The summed E-state index contributed by atoms with van der Waals surface area (Å²) in [6, 6.07) is 1.69. The van der Waals surface area contributed by atoms with Crippen LogP contribution in [0.25, 0.3) is 0 Å². The van der Waals surface area contributed by atoms with Gasteiger partial charge in [-0.25, -0.2) is 4.98 Å². The van der Waals surface area contributed by atoms with Gasteiger partial charge in [-0.3, -0.25) is 0 Å². The third-order valence-corrected chi connectivity index (χ3v) is 2.78. The highest BCUT2D eigenvalue weighted by Gasteiger charge is 2.19. The van der Waals surface area contributed by atoms with Crippen LogP contribution >= 0.6 is 23.2 Å². The van der Waals surface area contributed by atoms with Crippen molar-refractivity contribution in [2.24, 2.45) is 5.41 Å². The van der Waals surface area contributed by atoms with Crippen LogP contribution in [0.2, 0.25) is 10.0 Å². The van der Waals surface area contributed by atoms with E-state index in [1.54, 1.807) is 12.3 Å². The molecule has 17 heavy (non-hydrogen) atoms. The van der Waals surface area contributed by atoms with Gasteiger partial charge in [0, 0.05) is 19.3 Å². The zero-order valence-corrected chi connectivity index (χ0v) is 12.2. The molecular formula is C12H19Cl2N3. The first-order chi connectivity index (χ1) is 7.80. The van der Waals surface area contributed by atoms with Gasteiger partial charge in [-0.15, -0.1) is 0 Å². The van der Waals surface area contributed by atoms with Crippen molar-refractivity contribution in [1.29, 1.82) is 0 Å². The van der Waals surface area contributed by atoms with Crippen LogP contribution in [0.1, 0.15) is 13.8 Å². The van der Waals surface area contributed by atoms with Crippen LogP contribution in [0.15, 0.2) is 12.3 Å². The maximum atomic E-state index is 6.04. The second-order valence-corrected chi connectivity index (χ2v) is 6.08. The SMILES string of the molecule is CN(C)CC(C)(C)CNc1ncc(Cl)cc1Cl. The van der Waals surface area contributed by atoms with Crippen molar-refractivity contribution in [1.82, 2.24) is 9.88 Å². The quantitative estimate of drug-likeness (QED) is 0.893. The number of rotatable bonds is 5. The normalized spacial score (nSPS) is 11.9. The van der Waals surface area contributed by atoms with E-state index in [0.29, 0.717) is 15.9 Å². The topological polar surface area (TPSA) is 28.2 Å². The Bertz CT molecular complexity index is 378. The molecule has 1 aromatic rings. The number of hydrogen-bond donors (Lipinski definition) is 1. The molecule has 0 unspecified atom stereocenters. The molecule has 0 aliphatic heterocycles. The second kappa shape index (κ2) is 5.89. The minimum absolute atomic E-state index is 0.147. The Kier molecular flexibility index (Phi) is 5.04. The van der Waals surface area contributed by atoms with E-state index < -0.39 is 0 Å². The van der Waals surface area contributed by atoms with Gasteiger partial charge in [0.05, 0.1) is 10.0 Å². The number of anilines is 1. The van der Waals surface area contributed by atoms with Gasteiger partial charge >= 0.3 is 0 Å². The average molecular weight is 276 g/mol. The van der Waals surface area contributed by atoms with E-state index in [1.165, 1.54) is 0 Å². The number of nitrogens with one attached hydrogen (secondary N) is 1. The fourth-order valence-electron chi connectivity index (χ4n) is 1.78. The molecule has 0 aromatic carbocycles. The molecule has 1 N–H and O–H groups in total. The standard InChI is InChI=1S/C12H19Cl2N3/c1-12(2,8-17(3)4)7-16-11-10(14)5-9(13)6-15-11/h5-6H,7-8H2,1-4H3,(H,15,16). The molecule has 0 spiro atoms. The second-order valence-electron chi connectivity index (χ2n) is 5.24. The summed E-state index contributed by atoms with van der Waals surface area (Å²) in [7, 11) is 4.13. The number of hydrogen-bond acceptors (Lipinski definition) is 3. The molecule has 0 radical (unpaired) electrons. The number of pyridine rings is 1. The fraction of sp³-hybridized carbons (Fsp3) is 0.583. The first-order valence-corrected chi connectivity index (χ1v) is 6.25. The largest absolute Gasteiger partial charge is 0.368 e. The molecule has 1 rings (SSSR count). The summed E-state index contributed by atoms with van der Waals surface area (Å²) in [5.74, 6) is 0.683. The molecule has 0 atom stereocenters. The molecule has 0 aliphatic rings. The fourth-order valence-corrected chi connectivity index (χ4v) is 2.23. The van der Waals surface area contributed by atoms with Gasteiger partial charge in [0.2, 0.25) is 0 Å². The predicted molar refractivity (Wildman–Crippen MR) is 75.1 cm³/mol.